The van der Waals surface area contributed by atoms with Crippen molar-refractivity contribution in [1.29, 1.82) is 0 Å². The Morgan fingerprint density at radius 1 is 1.18 bits per heavy atom. The van der Waals surface area contributed by atoms with Crippen LogP contribution in [0.15, 0.2) is 47.4 Å². The fraction of sp³-hybridized carbons (Fsp3) is 0.250. The third-order valence-corrected chi connectivity index (χ3v) is 5.96. The number of aryl methyl sites for hydroxylation is 1. The predicted molar refractivity (Wildman–Crippen MR) is 95.5 cm³/mol. The van der Waals surface area contributed by atoms with Crippen LogP contribution in [0.2, 0.25) is 0 Å². The first kappa shape index (κ1) is 17.2. The molecule has 0 unspecified atom stereocenters. The van der Waals surface area contributed by atoms with E-state index in [-0.39, 0.29) is 4.90 Å². The average Bonchev–Trinajstić information content (AvgIpc) is 2.47. The van der Waals surface area contributed by atoms with Gasteiger partial charge in [-0.25, -0.2) is 8.42 Å². The van der Waals surface area contributed by atoms with Crippen molar-refractivity contribution in [3.8, 4) is 5.75 Å². The first-order valence-corrected chi connectivity index (χ1v) is 9.22. The summed E-state index contributed by atoms with van der Waals surface area (Å²) in [6.45, 7) is 2.33. The first-order valence-electron chi connectivity index (χ1n) is 6.70. The SMILES string of the molecule is COc1ccc(S(=O)(=O)N(C)Cc2cccc(C)c2)cc1I. The molecule has 0 saturated heterocycles. The largest absolute Gasteiger partial charge is 0.496 e. The molecule has 0 aliphatic rings. The molecule has 0 spiro atoms. The van der Waals surface area contributed by atoms with Crippen molar-refractivity contribution in [1.82, 2.24) is 4.31 Å². The summed E-state index contributed by atoms with van der Waals surface area (Å²) < 4.78 is 32.6. The van der Waals surface area contributed by atoms with Crippen molar-refractivity contribution in [2.75, 3.05) is 14.2 Å². The van der Waals surface area contributed by atoms with Gasteiger partial charge in [0.25, 0.3) is 0 Å². The van der Waals surface area contributed by atoms with Gasteiger partial charge in [-0.2, -0.15) is 4.31 Å². The lowest BCUT2D eigenvalue weighted by molar-refractivity contribution is 0.411. The molecular formula is C16H18INO3S. The number of hydrogen-bond acceptors (Lipinski definition) is 3. The smallest absolute Gasteiger partial charge is 0.243 e. The van der Waals surface area contributed by atoms with E-state index in [2.05, 4.69) is 22.6 Å². The summed E-state index contributed by atoms with van der Waals surface area (Å²) in [6, 6.07) is 12.7. The molecule has 0 fully saturated rings. The minimum absolute atomic E-state index is 0.271. The quantitative estimate of drug-likeness (QED) is 0.682. The van der Waals surface area contributed by atoms with Crippen LogP contribution in [0.5, 0.6) is 5.75 Å². The van der Waals surface area contributed by atoms with Gasteiger partial charge in [0.05, 0.1) is 15.6 Å². The molecule has 118 valence electrons. The Labute approximate surface area is 145 Å². The van der Waals surface area contributed by atoms with Crippen LogP contribution >= 0.6 is 22.6 Å². The van der Waals surface area contributed by atoms with E-state index >= 15 is 0 Å². The summed E-state index contributed by atoms with van der Waals surface area (Å²) in [5, 5.41) is 0. The number of benzene rings is 2. The number of rotatable bonds is 5. The highest BCUT2D eigenvalue weighted by atomic mass is 127. The average molecular weight is 431 g/mol. The van der Waals surface area contributed by atoms with E-state index in [9.17, 15) is 8.42 Å². The van der Waals surface area contributed by atoms with Gasteiger partial charge in [0.15, 0.2) is 0 Å². The van der Waals surface area contributed by atoms with Gasteiger partial charge >= 0.3 is 0 Å². The maximum Gasteiger partial charge on any atom is 0.243 e. The van der Waals surface area contributed by atoms with Gasteiger partial charge in [-0.05, 0) is 53.3 Å². The summed E-state index contributed by atoms with van der Waals surface area (Å²) in [4.78, 5) is 0.271. The van der Waals surface area contributed by atoms with E-state index in [0.29, 0.717) is 12.3 Å². The second kappa shape index (κ2) is 6.97. The summed E-state index contributed by atoms with van der Waals surface area (Å²) in [6.07, 6.45) is 0. The number of ether oxygens (including phenoxy) is 1. The van der Waals surface area contributed by atoms with Crippen LogP contribution < -0.4 is 4.74 Å². The van der Waals surface area contributed by atoms with Crippen molar-refractivity contribution in [3.05, 3.63) is 57.2 Å². The minimum Gasteiger partial charge on any atom is -0.496 e. The lowest BCUT2D eigenvalue weighted by Gasteiger charge is -2.18. The Hall–Kier alpha value is -1.12. The molecule has 0 bridgehead atoms. The van der Waals surface area contributed by atoms with Crippen LogP contribution in [0.3, 0.4) is 0 Å². The van der Waals surface area contributed by atoms with Crippen molar-refractivity contribution >= 4 is 32.6 Å². The molecule has 2 aromatic rings. The Kier molecular flexibility index (Phi) is 5.46. The molecular weight excluding hydrogens is 413 g/mol. The fourth-order valence-corrected chi connectivity index (χ4v) is 4.27. The highest BCUT2D eigenvalue weighted by Gasteiger charge is 2.22. The summed E-state index contributed by atoms with van der Waals surface area (Å²) in [5.74, 6) is 0.667. The predicted octanol–water partition coefficient (Wildman–Crippen LogP) is 3.43. The van der Waals surface area contributed by atoms with Gasteiger partial charge in [-0.3, -0.25) is 0 Å². The maximum atomic E-state index is 12.7. The topological polar surface area (TPSA) is 46.6 Å². The molecule has 0 aliphatic carbocycles. The van der Waals surface area contributed by atoms with Gasteiger partial charge in [0.1, 0.15) is 5.75 Å². The summed E-state index contributed by atoms with van der Waals surface area (Å²) in [5.41, 5.74) is 2.08. The zero-order valence-electron chi connectivity index (χ0n) is 12.7. The van der Waals surface area contributed by atoms with Crippen molar-refractivity contribution in [3.63, 3.8) is 0 Å². The van der Waals surface area contributed by atoms with Gasteiger partial charge in [-0.15, -0.1) is 0 Å². The van der Waals surface area contributed by atoms with Crippen LogP contribution in [0.4, 0.5) is 0 Å². The number of methoxy groups -OCH3 is 1. The third kappa shape index (κ3) is 3.80. The molecule has 0 N–H and O–H groups in total. The Balaban J connectivity index is 2.27. The molecule has 0 radical (unpaired) electrons. The van der Waals surface area contributed by atoms with Crippen LogP contribution in [-0.4, -0.2) is 26.9 Å². The van der Waals surface area contributed by atoms with E-state index in [0.717, 1.165) is 14.7 Å². The van der Waals surface area contributed by atoms with E-state index in [1.165, 1.54) is 4.31 Å². The molecule has 0 atom stereocenters. The fourth-order valence-electron chi connectivity index (χ4n) is 2.14. The van der Waals surface area contributed by atoms with E-state index in [1.54, 1.807) is 32.4 Å². The first-order chi connectivity index (χ1) is 10.3. The van der Waals surface area contributed by atoms with E-state index in [4.69, 9.17) is 4.74 Å². The summed E-state index contributed by atoms with van der Waals surface area (Å²) >= 11 is 2.07. The van der Waals surface area contributed by atoms with E-state index < -0.39 is 10.0 Å². The van der Waals surface area contributed by atoms with Gasteiger partial charge in [0.2, 0.25) is 10.0 Å². The monoisotopic (exact) mass is 431 g/mol. The standard InChI is InChI=1S/C16H18INO3S/c1-12-5-4-6-13(9-12)11-18(2)22(19,20)14-7-8-16(21-3)15(17)10-14/h4-10H,11H2,1-3H3. The number of nitrogens with zero attached hydrogens (tertiary/aromatic N) is 1. The van der Waals surface area contributed by atoms with Crippen molar-refractivity contribution in [2.45, 2.75) is 18.4 Å². The van der Waals surface area contributed by atoms with Crippen molar-refractivity contribution in [2.24, 2.45) is 0 Å². The highest BCUT2D eigenvalue weighted by molar-refractivity contribution is 14.1. The summed E-state index contributed by atoms with van der Waals surface area (Å²) in [7, 11) is -0.367. The lowest BCUT2D eigenvalue weighted by atomic mass is 10.1. The van der Waals surface area contributed by atoms with E-state index in [1.807, 2.05) is 31.2 Å². The number of sulfonamides is 1. The van der Waals surface area contributed by atoms with Crippen LogP contribution in [0.25, 0.3) is 0 Å². The molecule has 2 rings (SSSR count). The van der Waals surface area contributed by atoms with Crippen LogP contribution in [-0.2, 0) is 16.6 Å². The lowest BCUT2D eigenvalue weighted by Crippen LogP contribution is -2.26. The van der Waals surface area contributed by atoms with Crippen molar-refractivity contribution < 1.29 is 13.2 Å². The molecule has 0 aliphatic heterocycles. The highest BCUT2D eigenvalue weighted by Crippen LogP contribution is 2.26. The number of hydrogen-bond donors (Lipinski definition) is 0. The third-order valence-electron chi connectivity index (χ3n) is 3.32. The molecule has 2 aromatic carbocycles. The number of halogens is 1. The Bertz CT molecular complexity index is 775. The van der Waals surface area contributed by atoms with Gasteiger partial charge in [-0.1, -0.05) is 29.8 Å². The normalized spacial score (nSPS) is 11.7. The maximum absolute atomic E-state index is 12.7. The molecule has 0 amide bonds. The van der Waals surface area contributed by atoms with Crippen LogP contribution in [0, 0.1) is 10.5 Å². The molecule has 0 saturated carbocycles. The zero-order valence-corrected chi connectivity index (χ0v) is 15.7. The second-order valence-electron chi connectivity index (χ2n) is 5.05. The van der Waals surface area contributed by atoms with Gasteiger partial charge < -0.3 is 4.74 Å². The molecule has 22 heavy (non-hydrogen) atoms. The van der Waals surface area contributed by atoms with Gasteiger partial charge in [0, 0.05) is 13.6 Å². The minimum atomic E-state index is -3.52. The Morgan fingerprint density at radius 2 is 1.91 bits per heavy atom. The molecule has 0 heterocycles. The molecule has 6 heteroatoms. The Morgan fingerprint density at radius 3 is 2.50 bits per heavy atom. The molecule has 4 nitrogen and oxygen atoms in total. The second-order valence-corrected chi connectivity index (χ2v) is 8.25. The van der Waals surface area contributed by atoms with Crippen LogP contribution in [0.1, 0.15) is 11.1 Å². The molecule has 0 aromatic heterocycles. The zero-order chi connectivity index (χ0) is 16.3.